The van der Waals surface area contributed by atoms with E-state index in [1.54, 1.807) is 6.07 Å². The molecule has 0 spiro atoms. The van der Waals surface area contributed by atoms with Gasteiger partial charge in [-0.05, 0) is 69.2 Å². The van der Waals surface area contributed by atoms with Crippen LogP contribution in [-0.4, -0.2) is 27.2 Å². The minimum absolute atomic E-state index is 0.0871. The third kappa shape index (κ3) is 3.77. The van der Waals surface area contributed by atoms with Crippen molar-refractivity contribution in [3.8, 4) is 16.2 Å². The summed E-state index contributed by atoms with van der Waals surface area (Å²) in [6.07, 6.45) is 4.99. The Morgan fingerprint density at radius 1 is 1.28 bits per heavy atom. The average molecular weight is 409 g/mol. The second-order valence-corrected chi connectivity index (χ2v) is 8.98. The summed E-state index contributed by atoms with van der Waals surface area (Å²) in [5.41, 5.74) is 0.976. The first-order valence-electron chi connectivity index (χ1n) is 9.83. The molecule has 0 N–H and O–H groups in total. The lowest BCUT2D eigenvalue weighted by atomic mass is 9.84. The minimum Gasteiger partial charge on any atom is -0.491 e. The summed E-state index contributed by atoms with van der Waals surface area (Å²) in [6.45, 7) is 5.92. The first-order chi connectivity index (χ1) is 13.9. The minimum atomic E-state index is -0.700. The van der Waals surface area contributed by atoms with E-state index in [2.05, 4.69) is 4.98 Å². The Morgan fingerprint density at radius 2 is 2.03 bits per heavy atom. The molecule has 1 unspecified atom stereocenters. The van der Waals surface area contributed by atoms with Gasteiger partial charge < -0.3 is 9.30 Å². The van der Waals surface area contributed by atoms with Gasteiger partial charge in [0.25, 0.3) is 0 Å². The molecular formula is C23H24N2O3S. The van der Waals surface area contributed by atoms with Gasteiger partial charge in [0.2, 0.25) is 0 Å². The van der Waals surface area contributed by atoms with E-state index in [1.165, 1.54) is 11.3 Å². The molecule has 0 amide bonds. The second-order valence-electron chi connectivity index (χ2n) is 7.87. The van der Waals surface area contributed by atoms with Crippen LogP contribution in [-0.2, 0) is 16.8 Å². The van der Waals surface area contributed by atoms with Gasteiger partial charge in [-0.3, -0.25) is 9.59 Å². The van der Waals surface area contributed by atoms with Crippen LogP contribution in [0.5, 0.6) is 5.75 Å². The van der Waals surface area contributed by atoms with Gasteiger partial charge in [-0.1, -0.05) is 0 Å². The van der Waals surface area contributed by atoms with E-state index in [0.717, 1.165) is 21.2 Å². The summed E-state index contributed by atoms with van der Waals surface area (Å²) in [5.74, 6) is 1.02. The number of hydrogen-bond donors (Lipinski definition) is 0. The van der Waals surface area contributed by atoms with E-state index < -0.39 is 5.54 Å². The van der Waals surface area contributed by atoms with Gasteiger partial charge in [0.15, 0.2) is 11.6 Å². The van der Waals surface area contributed by atoms with Crippen LogP contribution < -0.4 is 4.74 Å². The van der Waals surface area contributed by atoms with Crippen LogP contribution in [0.25, 0.3) is 10.4 Å². The Balaban J connectivity index is 1.50. The Labute approximate surface area is 174 Å². The lowest BCUT2D eigenvalue weighted by Crippen LogP contribution is -2.44. The number of benzene rings is 1. The number of thiazole rings is 1. The first-order valence-corrected chi connectivity index (χ1v) is 10.6. The fourth-order valence-corrected chi connectivity index (χ4v) is 4.66. The lowest BCUT2D eigenvalue weighted by molar-refractivity contribution is -0.126. The van der Waals surface area contributed by atoms with Gasteiger partial charge in [-0.15, -0.1) is 11.3 Å². The molecule has 0 aliphatic carbocycles. The number of carbonyl (C=O) groups is 2. The molecule has 1 aliphatic rings. The Morgan fingerprint density at radius 3 is 2.76 bits per heavy atom. The molecule has 150 valence electrons. The zero-order valence-electron chi connectivity index (χ0n) is 16.8. The molecular weight excluding hydrogens is 384 g/mol. The van der Waals surface area contributed by atoms with Crippen molar-refractivity contribution < 1.29 is 14.3 Å². The Kier molecular flexibility index (Phi) is 5.13. The second kappa shape index (κ2) is 7.59. The van der Waals surface area contributed by atoms with E-state index >= 15 is 0 Å². The molecule has 29 heavy (non-hydrogen) atoms. The molecule has 0 saturated heterocycles. The van der Waals surface area contributed by atoms with Gasteiger partial charge in [-0.25, -0.2) is 4.98 Å². The van der Waals surface area contributed by atoms with E-state index in [-0.39, 0.29) is 24.1 Å². The molecule has 0 fully saturated rings. The summed E-state index contributed by atoms with van der Waals surface area (Å²) in [6, 6.07) is 11.6. The number of ketones is 2. The van der Waals surface area contributed by atoms with Crippen LogP contribution >= 0.6 is 11.3 Å². The van der Waals surface area contributed by atoms with Crippen molar-refractivity contribution in [3.05, 3.63) is 59.5 Å². The lowest BCUT2D eigenvalue weighted by Gasteiger charge is -2.34. The quantitative estimate of drug-likeness (QED) is 0.582. The highest BCUT2D eigenvalue weighted by atomic mass is 32.1. The van der Waals surface area contributed by atoms with Crippen molar-refractivity contribution in [2.45, 2.75) is 51.7 Å². The number of hydrogen-bond acceptors (Lipinski definition) is 5. The summed E-state index contributed by atoms with van der Waals surface area (Å²) >= 11 is 1.53. The van der Waals surface area contributed by atoms with Crippen molar-refractivity contribution in [3.63, 3.8) is 0 Å². The molecule has 4 rings (SSSR count). The van der Waals surface area contributed by atoms with E-state index in [0.29, 0.717) is 18.5 Å². The zero-order valence-corrected chi connectivity index (χ0v) is 17.7. The van der Waals surface area contributed by atoms with Gasteiger partial charge in [0, 0.05) is 18.8 Å². The SMILES string of the molecule is CC(C)Oc1ccc(-c2cnc(CC(=O)C3(C)CCC(=O)c4cccn43)s2)cc1. The number of aromatic nitrogens is 2. The highest BCUT2D eigenvalue weighted by Gasteiger charge is 2.40. The standard InChI is InChI=1S/C23H24N2O3S/c1-15(2)28-17-8-6-16(7-9-17)20-14-24-22(29-20)13-21(27)23(3)11-10-19(26)18-5-4-12-25(18)23/h4-9,12,14-15H,10-11,13H2,1-3H3. The maximum absolute atomic E-state index is 13.2. The molecule has 1 atom stereocenters. The summed E-state index contributed by atoms with van der Waals surface area (Å²) in [5, 5.41) is 0.791. The fourth-order valence-electron chi connectivity index (χ4n) is 3.74. The van der Waals surface area contributed by atoms with E-state index in [4.69, 9.17) is 4.74 Å². The molecule has 3 aromatic rings. The monoisotopic (exact) mass is 408 g/mol. The Bertz CT molecular complexity index is 1050. The third-order valence-electron chi connectivity index (χ3n) is 5.38. The summed E-state index contributed by atoms with van der Waals surface area (Å²) < 4.78 is 7.52. The highest BCUT2D eigenvalue weighted by molar-refractivity contribution is 7.15. The topological polar surface area (TPSA) is 61.2 Å². The first kappa shape index (κ1) is 19.6. The molecule has 3 heterocycles. The van der Waals surface area contributed by atoms with Crippen LogP contribution in [0.1, 0.15) is 49.1 Å². The smallest absolute Gasteiger partial charge is 0.179 e. The van der Waals surface area contributed by atoms with E-state index in [9.17, 15) is 9.59 Å². The van der Waals surface area contributed by atoms with Gasteiger partial charge in [0.05, 0.1) is 23.1 Å². The normalized spacial score (nSPS) is 18.7. The van der Waals surface area contributed by atoms with Crippen molar-refractivity contribution in [2.24, 2.45) is 0 Å². The van der Waals surface area contributed by atoms with Crippen molar-refractivity contribution in [1.29, 1.82) is 0 Å². The van der Waals surface area contributed by atoms with Crippen LogP contribution in [0, 0.1) is 0 Å². The number of carbonyl (C=O) groups excluding carboxylic acids is 2. The molecule has 0 saturated carbocycles. The Hall–Kier alpha value is -2.73. The van der Waals surface area contributed by atoms with Gasteiger partial charge >= 0.3 is 0 Å². The van der Waals surface area contributed by atoms with Crippen LogP contribution in [0.2, 0.25) is 0 Å². The average Bonchev–Trinajstić information content (AvgIpc) is 3.35. The van der Waals surface area contributed by atoms with E-state index in [1.807, 2.05) is 68.1 Å². The van der Waals surface area contributed by atoms with Crippen LogP contribution in [0.3, 0.4) is 0 Å². The number of rotatable bonds is 6. The van der Waals surface area contributed by atoms with Crippen LogP contribution in [0.4, 0.5) is 0 Å². The molecule has 0 bridgehead atoms. The molecule has 0 radical (unpaired) electrons. The highest BCUT2D eigenvalue weighted by Crippen LogP contribution is 2.34. The molecule has 1 aromatic carbocycles. The zero-order chi connectivity index (χ0) is 20.6. The number of nitrogens with zero attached hydrogens (tertiary/aromatic N) is 2. The number of fused-ring (bicyclic) bond motifs is 1. The maximum Gasteiger partial charge on any atom is 0.179 e. The predicted molar refractivity (Wildman–Crippen MR) is 114 cm³/mol. The number of Topliss-reactive ketones (excluding diaryl/α,β-unsaturated/α-hetero) is 2. The largest absolute Gasteiger partial charge is 0.491 e. The fraction of sp³-hybridized carbons (Fsp3) is 0.348. The van der Waals surface area contributed by atoms with Crippen molar-refractivity contribution >= 4 is 22.9 Å². The number of ether oxygens (including phenoxy) is 1. The van der Waals surface area contributed by atoms with Crippen LogP contribution in [0.15, 0.2) is 48.8 Å². The molecule has 1 aliphatic heterocycles. The maximum atomic E-state index is 13.2. The summed E-state index contributed by atoms with van der Waals surface area (Å²) in [7, 11) is 0. The third-order valence-corrected chi connectivity index (χ3v) is 6.43. The molecule has 5 nitrogen and oxygen atoms in total. The van der Waals surface area contributed by atoms with Crippen molar-refractivity contribution in [1.82, 2.24) is 9.55 Å². The van der Waals surface area contributed by atoms with Crippen molar-refractivity contribution in [2.75, 3.05) is 0 Å². The predicted octanol–water partition coefficient (Wildman–Crippen LogP) is 4.90. The van der Waals surface area contributed by atoms with Gasteiger partial charge in [-0.2, -0.15) is 0 Å². The summed E-state index contributed by atoms with van der Waals surface area (Å²) in [4.78, 5) is 30.8. The molecule has 2 aromatic heterocycles. The molecule has 6 heteroatoms. The van der Waals surface area contributed by atoms with Gasteiger partial charge in [0.1, 0.15) is 16.3 Å².